The van der Waals surface area contributed by atoms with Gasteiger partial charge in [-0.15, -0.1) is 0 Å². The van der Waals surface area contributed by atoms with Crippen molar-refractivity contribution in [3.05, 3.63) is 59.5 Å². The van der Waals surface area contributed by atoms with Gasteiger partial charge in [-0.1, -0.05) is 12.1 Å². The first-order valence-corrected chi connectivity index (χ1v) is 5.48. The summed E-state index contributed by atoms with van der Waals surface area (Å²) < 4.78 is 5.06. The summed E-state index contributed by atoms with van der Waals surface area (Å²) in [5, 5.41) is 8.81. The smallest absolute Gasteiger partial charge is 0.289 e. The molecule has 0 atom stereocenters. The fraction of sp³-hybridized carbons (Fsp3) is 0.143. The maximum Gasteiger partial charge on any atom is 0.289 e. The van der Waals surface area contributed by atoms with Crippen LogP contribution < -0.4 is 0 Å². The Balaban J connectivity index is 2.09. The highest BCUT2D eigenvalue weighted by Crippen LogP contribution is 2.10. The second-order valence-corrected chi connectivity index (χ2v) is 3.95. The molecule has 0 aliphatic heterocycles. The number of carbonyl (C=O) groups excluding carboxylic acids is 1. The summed E-state index contributed by atoms with van der Waals surface area (Å²) in [5.41, 5.74) is 1.50. The van der Waals surface area contributed by atoms with E-state index >= 15 is 0 Å². The molecule has 0 unspecified atom stereocenters. The molecular weight excluding hydrogens is 228 g/mol. The van der Waals surface area contributed by atoms with Crippen LogP contribution in [0.1, 0.15) is 21.7 Å². The van der Waals surface area contributed by atoms with Gasteiger partial charge in [-0.05, 0) is 29.8 Å². The fourth-order valence-corrected chi connectivity index (χ4v) is 1.67. The predicted molar refractivity (Wildman–Crippen MR) is 65.7 cm³/mol. The molecule has 0 saturated carbocycles. The van der Waals surface area contributed by atoms with Gasteiger partial charge < -0.3 is 9.32 Å². The molecule has 4 nitrogen and oxygen atoms in total. The lowest BCUT2D eigenvalue weighted by atomic mass is 10.1. The summed E-state index contributed by atoms with van der Waals surface area (Å²) in [6.07, 6.45) is 1.47. The summed E-state index contributed by atoms with van der Waals surface area (Å²) in [5.74, 6) is 0.135. The average molecular weight is 240 g/mol. The molecule has 1 heterocycles. The van der Waals surface area contributed by atoms with Gasteiger partial charge in [0.1, 0.15) is 0 Å². The van der Waals surface area contributed by atoms with E-state index in [1.54, 1.807) is 42.3 Å². The predicted octanol–water partition coefficient (Wildman–Crippen LogP) is 2.42. The second-order valence-electron chi connectivity index (χ2n) is 3.95. The maximum atomic E-state index is 11.9. The number of nitrogens with zero attached hydrogens (tertiary/aromatic N) is 2. The highest BCUT2D eigenvalue weighted by molar-refractivity contribution is 5.91. The first-order chi connectivity index (χ1) is 8.70. The zero-order valence-electron chi connectivity index (χ0n) is 9.96. The molecule has 0 N–H and O–H groups in total. The molecule has 1 amide bonds. The Morgan fingerprint density at radius 2 is 2.22 bits per heavy atom. The summed E-state index contributed by atoms with van der Waals surface area (Å²) in [7, 11) is 1.70. The molecule has 1 aromatic carbocycles. The summed E-state index contributed by atoms with van der Waals surface area (Å²) in [6.45, 7) is 0.440. The van der Waals surface area contributed by atoms with Gasteiger partial charge in [0.25, 0.3) is 5.91 Å². The Kier molecular flexibility index (Phi) is 3.44. The van der Waals surface area contributed by atoms with E-state index in [0.717, 1.165) is 5.56 Å². The van der Waals surface area contributed by atoms with Crippen molar-refractivity contribution in [2.24, 2.45) is 0 Å². The molecule has 1 aromatic heterocycles. The average Bonchev–Trinajstić information content (AvgIpc) is 2.92. The van der Waals surface area contributed by atoms with Crippen LogP contribution in [0.25, 0.3) is 0 Å². The van der Waals surface area contributed by atoms with Gasteiger partial charge in [-0.2, -0.15) is 5.26 Å². The van der Waals surface area contributed by atoms with Gasteiger partial charge in [0.15, 0.2) is 5.76 Å². The first-order valence-electron chi connectivity index (χ1n) is 5.48. The minimum Gasteiger partial charge on any atom is -0.459 e. The summed E-state index contributed by atoms with van der Waals surface area (Å²) >= 11 is 0. The number of furan rings is 1. The third-order valence-corrected chi connectivity index (χ3v) is 2.55. The fourth-order valence-electron chi connectivity index (χ4n) is 1.67. The van der Waals surface area contributed by atoms with Crippen LogP contribution >= 0.6 is 0 Å². The number of hydrogen-bond acceptors (Lipinski definition) is 3. The van der Waals surface area contributed by atoms with Crippen molar-refractivity contribution in [3.8, 4) is 6.07 Å². The van der Waals surface area contributed by atoms with Crippen molar-refractivity contribution in [2.45, 2.75) is 6.54 Å². The highest BCUT2D eigenvalue weighted by atomic mass is 16.3. The molecule has 0 spiro atoms. The Morgan fingerprint density at radius 3 is 2.89 bits per heavy atom. The third-order valence-electron chi connectivity index (χ3n) is 2.55. The van der Waals surface area contributed by atoms with E-state index in [1.807, 2.05) is 6.07 Å². The van der Waals surface area contributed by atoms with E-state index in [1.165, 1.54) is 6.26 Å². The molecule has 0 aliphatic rings. The number of benzene rings is 1. The van der Waals surface area contributed by atoms with E-state index in [0.29, 0.717) is 17.9 Å². The molecule has 0 aliphatic carbocycles. The van der Waals surface area contributed by atoms with Gasteiger partial charge in [-0.3, -0.25) is 4.79 Å². The monoisotopic (exact) mass is 240 g/mol. The van der Waals surface area contributed by atoms with Crippen LogP contribution in [0.2, 0.25) is 0 Å². The van der Waals surface area contributed by atoms with E-state index in [4.69, 9.17) is 9.68 Å². The lowest BCUT2D eigenvalue weighted by Gasteiger charge is -2.15. The molecular formula is C14H12N2O2. The molecule has 18 heavy (non-hydrogen) atoms. The zero-order valence-corrected chi connectivity index (χ0v) is 9.96. The maximum absolute atomic E-state index is 11.9. The lowest BCUT2D eigenvalue weighted by molar-refractivity contribution is 0.0753. The minimum absolute atomic E-state index is 0.178. The molecule has 0 radical (unpaired) electrons. The Bertz CT molecular complexity index is 582. The quantitative estimate of drug-likeness (QED) is 0.827. The zero-order chi connectivity index (χ0) is 13.0. The second kappa shape index (κ2) is 5.19. The summed E-state index contributed by atoms with van der Waals surface area (Å²) in [6, 6.07) is 12.6. The Hall–Kier alpha value is -2.54. The number of amides is 1. The van der Waals surface area contributed by atoms with E-state index < -0.39 is 0 Å². The Morgan fingerprint density at radius 1 is 1.39 bits per heavy atom. The van der Waals surface area contributed by atoms with Crippen LogP contribution in [0.5, 0.6) is 0 Å². The van der Waals surface area contributed by atoms with Crippen LogP contribution in [0.3, 0.4) is 0 Å². The molecule has 2 rings (SSSR count). The van der Waals surface area contributed by atoms with Crippen molar-refractivity contribution >= 4 is 5.91 Å². The normalized spacial score (nSPS) is 9.78. The molecule has 0 fully saturated rings. The Labute approximate surface area is 105 Å². The number of rotatable bonds is 3. The van der Waals surface area contributed by atoms with E-state index in [-0.39, 0.29) is 5.91 Å². The highest BCUT2D eigenvalue weighted by Gasteiger charge is 2.14. The number of carbonyl (C=O) groups is 1. The van der Waals surface area contributed by atoms with Gasteiger partial charge >= 0.3 is 0 Å². The van der Waals surface area contributed by atoms with E-state index in [9.17, 15) is 4.79 Å². The van der Waals surface area contributed by atoms with Crippen LogP contribution in [-0.2, 0) is 6.54 Å². The molecule has 90 valence electrons. The number of hydrogen-bond donors (Lipinski definition) is 0. The molecule has 2 aromatic rings. The van der Waals surface area contributed by atoms with Gasteiger partial charge in [0.05, 0.1) is 17.9 Å². The van der Waals surface area contributed by atoms with Crippen molar-refractivity contribution in [3.63, 3.8) is 0 Å². The van der Waals surface area contributed by atoms with Gasteiger partial charge in [0.2, 0.25) is 0 Å². The SMILES string of the molecule is CN(Cc1cccc(C#N)c1)C(=O)c1ccco1. The largest absolute Gasteiger partial charge is 0.459 e. The lowest BCUT2D eigenvalue weighted by Crippen LogP contribution is -2.25. The number of nitriles is 1. The third kappa shape index (κ3) is 2.58. The van der Waals surface area contributed by atoms with Gasteiger partial charge in [0, 0.05) is 13.6 Å². The summed E-state index contributed by atoms with van der Waals surface area (Å²) in [4.78, 5) is 13.5. The molecule has 0 bridgehead atoms. The van der Waals surface area contributed by atoms with Gasteiger partial charge in [-0.25, -0.2) is 0 Å². The minimum atomic E-state index is -0.178. The van der Waals surface area contributed by atoms with Crippen LogP contribution in [0.15, 0.2) is 47.1 Å². The van der Waals surface area contributed by atoms with Crippen LogP contribution in [0.4, 0.5) is 0 Å². The van der Waals surface area contributed by atoms with Crippen molar-refractivity contribution in [1.82, 2.24) is 4.90 Å². The molecule has 4 heteroatoms. The first kappa shape index (κ1) is 11.9. The van der Waals surface area contributed by atoms with Crippen molar-refractivity contribution < 1.29 is 9.21 Å². The van der Waals surface area contributed by atoms with Crippen molar-refractivity contribution in [2.75, 3.05) is 7.05 Å². The van der Waals surface area contributed by atoms with Crippen LogP contribution in [0, 0.1) is 11.3 Å². The van der Waals surface area contributed by atoms with Crippen LogP contribution in [-0.4, -0.2) is 17.9 Å². The standard InChI is InChI=1S/C14H12N2O2/c1-16(14(17)13-6-3-7-18-13)10-12-5-2-4-11(8-12)9-15/h2-8H,10H2,1H3. The van der Waals surface area contributed by atoms with Crippen molar-refractivity contribution in [1.29, 1.82) is 5.26 Å². The topological polar surface area (TPSA) is 57.2 Å². The molecule has 0 saturated heterocycles. The van der Waals surface area contributed by atoms with E-state index in [2.05, 4.69) is 6.07 Å².